The molecule has 2 unspecified atom stereocenters. The maximum Gasteiger partial charge on any atom is 0.309 e. The minimum absolute atomic E-state index is 0.0115. The summed E-state index contributed by atoms with van der Waals surface area (Å²) >= 11 is 0. The highest BCUT2D eigenvalue weighted by molar-refractivity contribution is 5.80. The predicted octanol–water partition coefficient (Wildman–Crippen LogP) is 1.97. The molecule has 0 radical (unpaired) electrons. The van der Waals surface area contributed by atoms with Crippen LogP contribution in [-0.4, -0.2) is 37.2 Å². The van der Waals surface area contributed by atoms with Gasteiger partial charge in [-0.1, -0.05) is 0 Å². The van der Waals surface area contributed by atoms with E-state index in [2.05, 4.69) is 5.10 Å². The number of rotatable bonds is 2. The maximum absolute atomic E-state index is 12.5. The normalized spacial score (nSPS) is 24.0. The van der Waals surface area contributed by atoms with Crippen molar-refractivity contribution in [1.29, 1.82) is 0 Å². The van der Waals surface area contributed by atoms with Crippen LogP contribution in [0.5, 0.6) is 0 Å². The summed E-state index contributed by atoms with van der Waals surface area (Å²) in [7, 11) is 1.78. The van der Waals surface area contributed by atoms with Crippen LogP contribution in [0.3, 0.4) is 0 Å². The second kappa shape index (κ2) is 5.50. The largest absolute Gasteiger partial charge is 0.481 e. The number of aryl methyl sites for hydroxylation is 1. The fourth-order valence-corrected chi connectivity index (χ4v) is 3.15. The van der Waals surface area contributed by atoms with Crippen molar-refractivity contribution in [3.63, 3.8) is 0 Å². The quantitative estimate of drug-likeness (QED) is 0.904. The van der Waals surface area contributed by atoms with E-state index in [9.17, 15) is 14.7 Å². The molecule has 2 atom stereocenters. The van der Waals surface area contributed by atoms with Gasteiger partial charge in [0.15, 0.2) is 0 Å². The second-order valence-corrected chi connectivity index (χ2v) is 6.60. The van der Waals surface area contributed by atoms with Gasteiger partial charge in [0.05, 0.1) is 17.7 Å². The molecule has 0 aromatic carbocycles. The van der Waals surface area contributed by atoms with E-state index in [1.165, 1.54) is 0 Å². The fraction of sp³-hybridized carbons (Fsp3) is 0.667. The molecule has 2 rings (SSSR count). The highest BCUT2D eigenvalue weighted by Gasteiger charge is 2.44. The zero-order valence-electron chi connectivity index (χ0n) is 13.0. The van der Waals surface area contributed by atoms with Crippen LogP contribution in [0, 0.1) is 5.92 Å². The third-order valence-corrected chi connectivity index (χ3v) is 4.04. The fourth-order valence-electron chi connectivity index (χ4n) is 3.15. The van der Waals surface area contributed by atoms with Crippen molar-refractivity contribution in [3.8, 4) is 0 Å². The number of carbonyl (C=O) groups excluding carboxylic acids is 1. The number of likely N-dealkylation sites (tertiary alicyclic amines) is 1. The zero-order chi connectivity index (χ0) is 15.8. The van der Waals surface area contributed by atoms with E-state index in [1.807, 2.05) is 20.8 Å². The molecule has 0 bridgehead atoms. The van der Waals surface area contributed by atoms with Crippen LogP contribution in [0.25, 0.3) is 0 Å². The van der Waals surface area contributed by atoms with E-state index in [0.717, 1.165) is 5.69 Å². The van der Waals surface area contributed by atoms with Gasteiger partial charge in [0.25, 0.3) is 0 Å². The second-order valence-electron chi connectivity index (χ2n) is 6.60. The average Bonchev–Trinajstić information content (AvgIpc) is 2.67. The van der Waals surface area contributed by atoms with Crippen molar-refractivity contribution >= 4 is 11.9 Å². The van der Waals surface area contributed by atoms with Crippen LogP contribution in [0.2, 0.25) is 0 Å². The highest BCUT2D eigenvalue weighted by atomic mass is 16.4. The molecule has 1 fully saturated rings. The Balaban J connectivity index is 2.58. The molecule has 0 saturated carbocycles. The number of hydrogen-bond acceptors (Lipinski definition) is 3. The van der Waals surface area contributed by atoms with Crippen LogP contribution in [0.15, 0.2) is 12.3 Å². The summed E-state index contributed by atoms with van der Waals surface area (Å²) in [4.78, 5) is 26.0. The van der Waals surface area contributed by atoms with Crippen molar-refractivity contribution in [2.45, 2.75) is 51.6 Å². The van der Waals surface area contributed by atoms with Crippen molar-refractivity contribution in [3.05, 3.63) is 18.0 Å². The lowest BCUT2D eigenvalue weighted by Gasteiger charge is -2.42. The first-order valence-corrected chi connectivity index (χ1v) is 7.26. The first-order chi connectivity index (χ1) is 9.73. The number of hydrogen-bond donors (Lipinski definition) is 1. The third-order valence-electron chi connectivity index (χ3n) is 4.04. The Morgan fingerprint density at radius 1 is 1.43 bits per heavy atom. The number of aromatic nitrogens is 2. The van der Waals surface area contributed by atoms with Crippen LogP contribution >= 0.6 is 0 Å². The monoisotopic (exact) mass is 293 g/mol. The molecule has 116 valence electrons. The Bertz CT molecular complexity index is 545. The molecule has 21 heavy (non-hydrogen) atoms. The minimum Gasteiger partial charge on any atom is -0.481 e. The van der Waals surface area contributed by atoms with Gasteiger partial charge in [-0.25, -0.2) is 0 Å². The first-order valence-electron chi connectivity index (χ1n) is 7.26. The average molecular weight is 293 g/mol. The Kier molecular flexibility index (Phi) is 4.07. The molecule has 1 aromatic rings. The summed E-state index contributed by atoms with van der Waals surface area (Å²) in [6.45, 7) is 5.83. The molecule has 1 aliphatic heterocycles. The number of aliphatic carboxylic acids is 1. The predicted molar refractivity (Wildman–Crippen MR) is 77.5 cm³/mol. The summed E-state index contributed by atoms with van der Waals surface area (Å²) in [5.74, 6) is -1.45. The molecule has 1 aliphatic rings. The summed E-state index contributed by atoms with van der Waals surface area (Å²) in [6.07, 6.45) is 3.15. The van der Waals surface area contributed by atoms with Crippen molar-refractivity contribution in [2.75, 3.05) is 0 Å². The Morgan fingerprint density at radius 2 is 2.10 bits per heavy atom. The van der Waals surface area contributed by atoms with Crippen molar-refractivity contribution in [2.24, 2.45) is 13.0 Å². The van der Waals surface area contributed by atoms with E-state index in [4.69, 9.17) is 0 Å². The highest BCUT2D eigenvalue weighted by Crippen LogP contribution is 2.39. The van der Waals surface area contributed by atoms with Gasteiger partial charge in [0.2, 0.25) is 5.91 Å². The number of nitrogens with zero attached hydrogens (tertiary/aromatic N) is 3. The summed E-state index contributed by atoms with van der Waals surface area (Å²) < 4.78 is 1.66. The molecule has 1 N–H and O–H groups in total. The van der Waals surface area contributed by atoms with E-state index in [-0.39, 0.29) is 5.91 Å². The summed E-state index contributed by atoms with van der Waals surface area (Å²) in [6, 6.07) is 1.32. The van der Waals surface area contributed by atoms with E-state index in [1.54, 1.807) is 28.9 Å². The number of amides is 1. The van der Waals surface area contributed by atoms with Gasteiger partial charge in [0.1, 0.15) is 0 Å². The molecule has 6 nitrogen and oxygen atoms in total. The number of carbonyl (C=O) groups is 2. The molecular formula is C15H23N3O3. The van der Waals surface area contributed by atoms with Gasteiger partial charge in [-0.05, 0) is 39.7 Å². The van der Waals surface area contributed by atoms with Crippen molar-refractivity contribution < 1.29 is 14.7 Å². The number of carboxylic acids is 1. The van der Waals surface area contributed by atoms with E-state index >= 15 is 0 Å². The van der Waals surface area contributed by atoms with Crippen molar-refractivity contribution in [1.82, 2.24) is 14.7 Å². The van der Waals surface area contributed by atoms with E-state index < -0.39 is 23.5 Å². The lowest BCUT2D eigenvalue weighted by Crippen LogP contribution is -2.50. The van der Waals surface area contributed by atoms with Crippen LogP contribution in [0.1, 0.15) is 51.8 Å². The molecule has 0 aliphatic carbocycles. The lowest BCUT2D eigenvalue weighted by atomic mass is 9.89. The maximum atomic E-state index is 12.5. The summed E-state index contributed by atoms with van der Waals surface area (Å²) in [5.41, 5.74) is 0.330. The topological polar surface area (TPSA) is 75.4 Å². The Labute approximate surface area is 124 Å². The van der Waals surface area contributed by atoms with Gasteiger partial charge >= 0.3 is 5.97 Å². The zero-order valence-corrected chi connectivity index (χ0v) is 13.0. The van der Waals surface area contributed by atoms with Crippen LogP contribution in [0.4, 0.5) is 0 Å². The van der Waals surface area contributed by atoms with Gasteiger partial charge in [-0.15, -0.1) is 0 Å². The smallest absolute Gasteiger partial charge is 0.309 e. The minimum atomic E-state index is -0.856. The molecule has 6 heteroatoms. The van der Waals surface area contributed by atoms with E-state index in [0.29, 0.717) is 19.3 Å². The Hall–Kier alpha value is -1.85. The van der Waals surface area contributed by atoms with Crippen LogP contribution in [-0.2, 0) is 16.6 Å². The van der Waals surface area contributed by atoms with Gasteiger partial charge in [-0.3, -0.25) is 14.3 Å². The molecule has 0 spiro atoms. The standard InChI is InChI=1S/C15H23N3O3/c1-15(2,3)18-12(19)7-5-6-10(14(20)21)13(18)11-8-9-16-17(11)4/h8-10,13H,5-7H2,1-4H3,(H,20,21). The molecule has 1 aromatic heterocycles. The molecule has 1 saturated heterocycles. The summed E-state index contributed by atoms with van der Waals surface area (Å²) in [5, 5.41) is 13.8. The molecular weight excluding hydrogens is 270 g/mol. The van der Waals surface area contributed by atoms with Gasteiger partial charge in [0, 0.05) is 25.2 Å². The third kappa shape index (κ3) is 2.94. The van der Waals surface area contributed by atoms with Gasteiger partial charge < -0.3 is 10.0 Å². The SMILES string of the molecule is Cn1nccc1C1C(C(=O)O)CCCC(=O)N1C(C)(C)C. The molecule has 2 heterocycles. The lowest BCUT2D eigenvalue weighted by molar-refractivity contribution is -0.149. The molecule has 1 amide bonds. The van der Waals surface area contributed by atoms with Gasteiger partial charge in [-0.2, -0.15) is 5.10 Å². The number of carboxylic acid groups (broad SMARTS) is 1. The first kappa shape index (κ1) is 15.5. The van der Waals surface area contributed by atoms with Crippen LogP contribution < -0.4 is 0 Å². The Morgan fingerprint density at radius 3 is 2.57 bits per heavy atom.